The number of para-hydroxylation sites is 1. The smallest absolute Gasteiger partial charge is 0.201 e. The Morgan fingerprint density at radius 2 is 2.05 bits per heavy atom. The minimum absolute atomic E-state index is 0.339. The van der Waals surface area contributed by atoms with Gasteiger partial charge < -0.3 is 15.0 Å². The van der Waals surface area contributed by atoms with Gasteiger partial charge in [-0.2, -0.15) is 0 Å². The van der Waals surface area contributed by atoms with Gasteiger partial charge in [-0.25, -0.2) is 4.98 Å². The quantitative estimate of drug-likeness (QED) is 0.821. The topological polar surface area (TPSA) is 53.1 Å². The first-order chi connectivity index (χ1) is 10.1. The van der Waals surface area contributed by atoms with Gasteiger partial charge in [0.05, 0.1) is 12.1 Å². The highest BCUT2D eigenvalue weighted by atomic mass is 16.5. The maximum absolute atomic E-state index is 6.17. The summed E-state index contributed by atoms with van der Waals surface area (Å²) in [6.07, 6.45) is 3.27. The largest absolute Gasteiger partial charge is 0.491 e. The summed E-state index contributed by atoms with van der Waals surface area (Å²) >= 11 is 0. The molecule has 2 unspecified atom stereocenters. The standard InChI is InChI=1S/C17H27N3O/c1-5-10-21-15-9-7-8-14-16(15)19-17(18)20(14)13(4)11-12(3)6-2/h7-9,12-13H,5-6,10-11H2,1-4H3,(H2,18,19). The Morgan fingerprint density at radius 3 is 2.71 bits per heavy atom. The molecule has 2 atom stereocenters. The molecule has 21 heavy (non-hydrogen) atoms. The van der Waals surface area contributed by atoms with E-state index in [1.54, 1.807) is 0 Å². The molecule has 0 aliphatic carbocycles. The van der Waals surface area contributed by atoms with E-state index in [1.807, 2.05) is 12.1 Å². The van der Waals surface area contributed by atoms with Crippen molar-refractivity contribution in [1.82, 2.24) is 9.55 Å². The van der Waals surface area contributed by atoms with Crippen molar-refractivity contribution >= 4 is 17.0 Å². The van der Waals surface area contributed by atoms with E-state index in [2.05, 4.69) is 43.3 Å². The number of imidazole rings is 1. The van der Waals surface area contributed by atoms with E-state index in [0.717, 1.165) is 29.6 Å². The number of anilines is 1. The van der Waals surface area contributed by atoms with E-state index in [4.69, 9.17) is 10.5 Å². The van der Waals surface area contributed by atoms with E-state index in [0.29, 0.717) is 24.5 Å². The molecule has 2 aromatic rings. The summed E-state index contributed by atoms with van der Waals surface area (Å²) in [5, 5.41) is 0. The minimum Gasteiger partial charge on any atom is -0.491 e. The van der Waals surface area contributed by atoms with Crippen LogP contribution in [0.1, 0.15) is 53.0 Å². The molecule has 116 valence electrons. The third kappa shape index (κ3) is 3.31. The Hall–Kier alpha value is -1.71. The molecule has 0 aliphatic heterocycles. The van der Waals surface area contributed by atoms with Crippen LogP contribution in [0.25, 0.3) is 11.0 Å². The van der Waals surface area contributed by atoms with Crippen LogP contribution >= 0.6 is 0 Å². The molecule has 1 aromatic carbocycles. The van der Waals surface area contributed by atoms with Crippen LogP contribution in [0, 0.1) is 5.92 Å². The summed E-state index contributed by atoms with van der Waals surface area (Å²) in [5.41, 5.74) is 8.11. The molecular weight excluding hydrogens is 262 g/mol. The van der Waals surface area contributed by atoms with Crippen LogP contribution < -0.4 is 10.5 Å². The lowest BCUT2D eigenvalue weighted by Gasteiger charge is -2.19. The molecule has 0 bridgehead atoms. The zero-order chi connectivity index (χ0) is 15.4. The lowest BCUT2D eigenvalue weighted by Crippen LogP contribution is -2.11. The predicted molar refractivity (Wildman–Crippen MR) is 88.7 cm³/mol. The molecule has 0 amide bonds. The molecule has 4 heteroatoms. The fourth-order valence-electron chi connectivity index (χ4n) is 2.76. The molecule has 0 radical (unpaired) electrons. The zero-order valence-electron chi connectivity index (χ0n) is 13.6. The number of rotatable bonds is 7. The van der Waals surface area contributed by atoms with Gasteiger partial charge >= 0.3 is 0 Å². The van der Waals surface area contributed by atoms with Crippen molar-refractivity contribution in [3.8, 4) is 5.75 Å². The van der Waals surface area contributed by atoms with Gasteiger partial charge in [0.15, 0.2) is 0 Å². The molecule has 0 fully saturated rings. The maximum atomic E-state index is 6.17. The second kappa shape index (κ2) is 6.83. The summed E-state index contributed by atoms with van der Waals surface area (Å²) in [5.74, 6) is 2.08. The number of nitrogens with two attached hydrogens (primary N) is 1. The van der Waals surface area contributed by atoms with Crippen molar-refractivity contribution in [3.63, 3.8) is 0 Å². The third-order valence-corrected chi connectivity index (χ3v) is 4.05. The second-order valence-corrected chi connectivity index (χ2v) is 5.91. The van der Waals surface area contributed by atoms with Crippen LogP contribution in [0.5, 0.6) is 5.75 Å². The average molecular weight is 289 g/mol. The summed E-state index contributed by atoms with van der Waals surface area (Å²) in [4.78, 5) is 4.54. The molecule has 2 N–H and O–H groups in total. The number of aromatic nitrogens is 2. The first kappa shape index (κ1) is 15.7. The van der Waals surface area contributed by atoms with Crippen LogP contribution in [0.3, 0.4) is 0 Å². The van der Waals surface area contributed by atoms with Gasteiger partial charge in [0.2, 0.25) is 5.95 Å². The van der Waals surface area contributed by atoms with Gasteiger partial charge in [-0.1, -0.05) is 33.3 Å². The summed E-state index contributed by atoms with van der Waals surface area (Å²) in [6.45, 7) is 9.52. The fraction of sp³-hybridized carbons (Fsp3) is 0.588. The monoisotopic (exact) mass is 289 g/mol. The highest BCUT2D eigenvalue weighted by Gasteiger charge is 2.18. The average Bonchev–Trinajstić information content (AvgIpc) is 2.81. The van der Waals surface area contributed by atoms with E-state index in [-0.39, 0.29) is 0 Å². The second-order valence-electron chi connectivity index (χ2n) is 5.91. The zero-order valence-corrected chi connectivity index (χ0v) is 13.6. The SMILES string of the molecule is CCCOc1cccc2c1nc(N)n2C(C)CC(C)CC. The van der Waals surface area contributed by atoms with Crippen molar-refractivity contribution in [1.29, 1.82) is 0 Å². The van der Waals surface area contributed by atoms with E-state index in [1.165, 1.54) is 6.42 Å². The van der Waals surface area contributed by atoms with Crippen LogP contribution in [-0.2, 0) is 0 Å². The fourth-order valence-corrected chi connectivity index (χ4v) is 2.76. The van der Waals surface area contributed by atoms with Gasteiger partial charge in [0.25, 0.3) is 0 Å². The van der Waals surface area contributed by atoms with Gasteiger partial charge in [0.1, 0.15) is 11.3 Å². The lowest BCUT2D eigenvalue weighted by atomic mass is 10.00. The first-order valence-electron chi connectivity index (χ1n) is 7.97. The lowest BCUT2D eigenvalue weighted by molar-refractivity contribution is 0.320. The summed E-state index contributed by atoms with van der Waals surface area (Å²) in [7, 11) is 0. The normalized spacial score (nSPS) is 14.3. The van der Waals surface area contributed by atoms with E-state index in [9.17, 15) is 0 Å². The van der Waals surface area contributed by atoms with Crippen molar-refractivity contribution in [3.05, 3.63) is 18.2 Å². The van der Waals surface area contributed by atoms with Gasteiger partial charge in [-0.3, -0.25) is 0 Å². The van der Waals surface area contributed by atoms with E-state index < -0.39 is 0 Å². The Kier molecular flexibility index (Phi) is 5.10. The van der Waals surface area contributed by atoms with Crippen LogP contribution in [0.4, 0.5) is 5.95 Å². The Balaban J connectivity index is 2.38. The number of hydrogen-bond donors (Lipinski definition) is 1. The van der Waals surface area contributed by atoms with Crippen LogP contribution in [0.15, 0.2) is 18.2 Å². The number of hydrogen-bond acceptors (Lipinski definition) is 3. The molecule has 0 aliphatic rings. The third-order valence-electron chi connectivity index (χ3n) is 4.05. The maximum Gasteiger partial charge on any atom is 0.201 e. The number of fused-ring (bicyclic) bond motifs is 1. The molecule has 2 rings (SSSR count). The minimum atomic E-state index is 0.339. The molecule has 4 nitrogen and oxygen atoms in total. The van der Waals surface area contributed by atoms with Gasteiger partial charge in [0, 0.05) is 6.04 Å². The van der Waals surface area contributed by atoms with Crippen molar-refractivity contribution in [2.75, 3.05) is 12.3 Å². The van der Waals surface area contributed by atoms with Gasteiger partial charge in [-0.05, 0) is 37.8 Å². The molecule has 0 spiro atoms. The molecular formula is C17H27N3O. The first-order valence-corrected chi connectivity index (χ1v) is 7.97. The number of nitrogen functional groups attached to an aromatic ring is 1. The molecule has 0 saturated heterocycles. The number of nitrogens with zero attached hydrogens (tertiary/aromatic N) is 2. The molecule has 1 heterocycles. The van der Waals surface area contributed by atoms with Crippen molar-refractivity contribution in [2.45, 2.75) is 53.0 Å². The van der Waals surface area contributed by atoms with Crippen molar-refractivity contribution < 1.29 is 4.74 Å². The summed E-state index contributed by atoms with van der Waals surface area (Å²) in [6, 6.07) is 6.39. The molecule has 1 aromatic heterocycles. The summed E-state index contributed by atoms with van der Waals surface area (Å²) < 4.78 is 7.93. The number of ether oxygens (including phenoxy) is 1. The van der Waals surface area contributed by atoms with Crippen LogP contribution in [0.2, 0.25) is 0 Å². The molecule has 0 saturated carbocycles. The van der Waals surface area contributed by atoms with Crippen molar-refractivity contribution in [2.24, 2.45) is 5.92 Å². The number of benzene rings is 1. The van der Waals surface area contributed by atoms with E-state index >= 15 is 0 Å². The van der Waals surface area contributed by atoms with Gasteiger partial charge in [-0.15, -0.1) is 0 Å². The highest BCUT2D eigenvalue weighted by Crippen LogP contribution is 2.32. The predicted octanol–water partition coefficient (Wildman–Crippen LogP) is 4.40. The Morgan fingerprint density at radius 1 is 1.29 bits per heavy atom. The Bertz CT molecular complexity index is 591. The van der Waals surface area contributed by atoms with Crippen LogP contribution in [-0.4, -0.2) is 16.2 Å². The Labute approximate surface area is 127 Å². The highest BCUT2D eigenvalue weighted by molar-refractivity contribution is 5.84.